The van der Waals surface area contributed by atoms with Gasteiger partial charge in [-0.3, -0.25) is 9.48 Å². The Balaban J connectivity index is 2.26. The first-order valence-corrected chi connectivity index (χ1v) is 5.33. The Morgan fingerprint density at radius 2 is 2.29 bits per heavy atom. The molecule has 1 atom stereocenters. The number of aromatic nitrogens is 2. The van der Waals surface area contributed by atoms with Crippen LogP contribution in [0.1, 0.15) is 23.2 Å². The summed E-state index contributed by atoms with van der Waals surface area (Å²) >= 11 is 0. The van der Waals surface area contributed by atoms with E-state index in [4.69, 9.17) is 10.8 Å². The van der Waals surface area contributed by atoms with Crippen LogP contribution in [0.4, 0.5) is 5.82 Å². The van der Waals surface area contributed by atoms with Crippen LogP contribution in [0, 0.1) is 0 Å². The number of likely N-dealkylation sites (tertiary alicyclic amines) is 1. The first-order valence-electron chi connectivity index (χ1n) is 5.33. The van der Waals surface area contributed by atoms with E-state index in [9.17, 15) is 9.59 Å². The first-order chi connectivity index (χ1) is 8.02. The van der Waals surface area contributed by atoms with Crippen LogP contribution in [0.25, 0.3) is 0 Å². The van der Waals surface area contributed by atoms with Crippen molar-refractivity contribution < 1.29 is 14.7 Å². The third kappa shape index (κ3) is 1.83. The van der Waals surface area contributed by atoms with E-state index >= 15 is 0 Å². The molecular formula is C10H14N4O3. The molecule has 1 aromatic heterocycles. The predicted molar refractivity (Wildman–Crippen MR) is 59.3 cm³/mol. The van der Waals surface area contributed by atoms with E-state index in [1.807, 2.05) is 0 Å². The van der Waals surface area contributed by atoms with Crippen molar-refractivity contribution in [2.75, 3.05) is 12.3 Å². The van der Waals surface area contributed by atoms with Crippen molar-refractivity contribution in [1.82, 2.24) is 14.7 Å². The highest BCUT2D eigenvalue weighted by molar-refractivity contribution is 6.00. The molecule has 1 aromatic rings. The summed E-state index contributed by atoms with van der Waals surface area (Å²) < 4.78 is 1.39. The number of anilines is 1. The zero-order chi connectivity index (χ0) is 12.6. The van der Waals surface area contributed by atoms with Crippen molar-refractivity contribution in [2.24, 2.45) is 7.05 Å². The molecule has 1 amide bonds. The van der Waals surface area contributed by atoms with E-state index < -0.39 is 12.0 Å². The van der Waals surface area contributed by atoms with Crippen LogP contribution in [0.2, 0.25) is 0 Å². The number of amides is 1. The number of aryl methyl sites for hydroxylation is 1. The number of carbonyl (C=O) groups excluding carboxylic acids is 1. The summed E-state index contributed by atoms with van der Waals surface area (Å²) in [6.07, 6.45) is 2.55. The second kappa shape index (κ2) is 4.08. The van der Waals surface area contributed by atoms with Gasteiger partial charge in [0.25, 0.3) is 5.91 Å². The maximum absolute atomic E-state index is 12.1. The van der Waals surface area contributed by atoms with Crippen molar-refractivity contribution in [3.8, 4) is 0 Å². The van der Waals surface area contributed by atoms with E-state index in [0.717, 1.165) is 0 Å². The summed E-state index contributed by atoms with van der Waals surface area (Å²) in [7, 11) is 1.63. The Bertz CT molecular complexity index is 468. The highest BCUT2D eigenvalue weighted by Gasteiger charge is 2.35. The first kappa shape index (κ1) is 11.4. The Kier molecular flexibility index (Phi) is 2.74. The predicted octanol–water partition coefficient (Wildman–Crippen LogP) is -0.308. The van der Waals surface area contributed by atoms with Crippen LogP contribution in [0.5, 0.6) is 0 Å². The molecule has 0 aliphatic carbocycles. The standard InChI is InChI=1S/C10H14N4O3/c1-13-8(11)6(5-12-13)9(15)14-4-2-3-7(14)10(16)17/h5,7H,2-4,11H2,1H3,(H,16,17). The third-order valence-electron chi connectivity index (χ3n) is 3.01. The summed E-state index contributed by atoms with van der Waals surface area (Å²) in [5.74, 6) is -1.08. The minimum absolute atomic E-state index is 0.256. The Morgan fingerprint density at radius 3 is 2.82 bits per heavy atom. The van der Waals surface area contributed by atoms with E-state index in [0.29, 0.717) is 19.4 Å². The molecular weight excluding hydrogens is 224 g/mol. The number of nitrogen functional groups attached to an aromatic ring is 1. The average molecular weight is 238 g/mol. The molecule has 1 aliphatic heterocycles. The minimum Gasteiger partial charge on any atom is -0.480 e. The van der Waals surface area contributed by atoms with E-state index in [1.54, 1.807) is 7.05 Å². The van der Waals surface area contributed by atoms with Crippen molar-refractivity contribution >= 4 is 17.7 Å². The average Bonchev–Trinajstić information content (AvgIpc) is 2.87. The molecule has 0 aromatic carbocycles. The zero-order valence-corrected chi connectivity index (χ0v) is 9.46. The number of carboxylic acids is 1. The number of carbonyl (C=O) groups is 2. The van der Waals surface area contributed by atoms with Crippen molar-refractivity contribution in [3.63, 3.8) is 0 Å². The lowest BCUT2D eigenvalue weighted by Crippen LogP contribution is -2.40. The maximum Gasteiger partial charge on any atom is 0.326 e. The quantitative estimate of drug-likeness (QED) is 0.736. The second-order valence-electron chi connectivity index (χ2n) is 4.06. The number of carboxylic acid groups (broad SMARTS) is 1. The van der Waals surface area contributed by atoms with Gasteiger partial charge in [-0.05, 0) is 12.8 Å². The molecule has 0 saturated carbocycles. The van der Waals surface area contributed by atoms with Gasteiger partial charge in [-0.1, -0.05) is 0 Å². The lowest BCUT2D eigenvalue weighted by molar-refractivity contribution is -0.141. The van der Waals surface area contributed by atoms with Crippen molar-refractivity contribution in [2.45, 2.75) is 18.9 Å². The molecule has 0 bridgehead atoms. The van der Waals surface area contributed by atoms with Gasteiger partial charge in [-0.15, -0.1) is 0 Å². The van der Waals surface area contributed by atoms with Crippen molar-refractivity contribution in [3.05, 3.63) is 11.8 Å². The lowest BCUT2D eigenvalue weighted by atomic mass is 10.2. The Labute approximate surface area is 97.8 Å². The van der Waals surface area contributed by atoms with Crippen molar-refractivity contribution in [1.29, 1.82) is 0 Å². The van der Waals surface area contributed by atoms with Gasteiger partial charge in [0.05, 0.1) is 6.20 Å². The SMILES string of the molecule is Cn1ncc(C(=O)N2CCCC2C(=O)O)c1N. The lowest BCUT2D eigenvalue weighted by Gasteiger charge is -2.20. The van der Waals surface area contributed by atoms with Gasteiger partial charge >= 0.3 is 5.97 Å². The molecule has 1 saturated heterocycles. The molecule has 1 unspecified atom stereocenters. The van der Waals surface area contributed by atoms with Crippen LogP contribution < -0.4 is 5.73 Å². The minimum atomic E-state index is -0.974. The van der Waals surface area contributed by atoms with E-state index in [2.05, 4.69) is 5.10 Å². The van der Waals surface area contributed by atoms with Gasteiger partial charge in [0.2, 0.25) is 0 Å². The summed E-state index contributed by atoms with van der Waals surface area (Å²) in [6.45, 7) is 0.449. The Morgan fingerprint density at radius 1 is 1.59 bits per heavy atom. The van der Waals surface area contributed by atoms with Gasteiger partial charge in [0, 0.05) is 13.6 Å². The van der Waals surface area contributed by atoms with Crippen LogP contribution in [-0.4, -0.2) is 44.3 Å². The summed E-state index contributed by atoms with van der Waals surface area (Å²) in [6, 6.07) is -0.748. The molecule has 0 spiro atoms. The van der Waals surface area contributed by atoms with Gasteiger partial charge in [0.1, 0.15) is 17.4 Å². The maximum atomic E-state index is 12.1. The smallest absolute Gasteiger partial charge is 0.326 e. The van der Waals surface area contributed by atoms with Crippen LogP contribution in [-0.2, 0) is 11.8 Å². The van der Waals surface area contributed by atoms with Gasteiger partial charge in [0.15, 0.2) is 0 Å². The van der Waals surface area contributed by atoms with Crippen LogP contribution >= 0.6 is 0 Å². The van der Waals surface area contributed by atoms with Gasteiger partial charge in [-0.2, -0.15) is 5.10 Å². The molecule has 2 rings (SSSR count). The van der Waals surface area contributed by atoms with Crippen LogP contribution in [0.3, 0.4) is 0 Å². The molecule has 1 aliphatic rings. The second-order valence-corrected chi connectivity index (χ2v) is 4.06. The van der Waals surface area contributed by atoms with Crippen LogP contribution in [0.15, 0.2) is 6.20 Å². The number of nitrogens with two attached hydrogens (primary N) is 1. The molecule has 92 valence electrons. The summed E-state index contributed by atoms with van der Waals surface area (Å²) in [4.78, 5) is 24.5. The van der Waals surface area contributed by atoms with E-state index in [1.165, 1.54) is 15.8 Å². The number of hydrogen-bond donors (Lipinski definition) is 2. The topological polar surface area (TPSA) is 101 Å². The molecule has 1 fully saturated rings. The Hall–Kier alpha value is -2.05. The number of hydrogen-bond acceptors (Lipinski definition) is 4. The zero-order valence-electron chi connectivity index (χ0n) is 9.46. The third-order valence-corrected chi connectivity index (χ3v) is 3.01. The molecule has 7 nitrogen and oxygen atoms in total. The number of rotatable bonds is 2. The molecule has 17 heavy (non-hydrogen) atoms. The van der Waals surface area contributed by atoms with Gasteiger partial charge in [-0.25, -0.2) is 4.79 Å². The number of nitrogens with zero attached hydrogens (tertiary/aromatic N) is 3. The highest BCUT2D eigenvalue weighted by Crippen LogP contribution is 2.22. The number of aliphatic carboxylic acids is 1. The van der Waals surface area contributed by atoms with E-state index in [-0.39, 0.29) is 17.3 Å². The summed E-state index contributed by atoms with van der Waals surface area (Å²) in [5, 5.41) is 12.9. The summed E-state index contributed by atoms with van der Waals surface area (Å²) in [5.41, 5.74) is 5.96. The molecule has 7 heteroatoms. The highest BCUT2D eigenvalue weighted by atomic mass is 16.4. The normalized spacial score (nSPS) is 19.6. The fourth-order valence-electron chi connectivity index (χ4n) is 2.03. The largest absolute Gasteiger partial charge is 0.480 e. The molecule has 3 N–H and O–H groups in total. The monoisotopic (exact) mass is 238 g/mol. The fraction of sp³-hybridized carbons (Fsp3) is 0.500. The fourth-order valence-corrected chi connectivity index (χ4v) is 2.03. The van der Waals surface area contributed by atoms with Gasteiger partial charge < -0.3 is 15.7 Å². The molecule has 0 radical (unpaired) electrons. The molecule has 2 heterocycles.